The van der Waals surface area contributed by atoms with Crippen molar-refractivity contribution in [1.29, 1.82) is 0 Å². The van der Waals surface area contributed by atoms with Gasteiger partial charge in [0.05, 0.1) is 9.83 Å². The molecule has 0 fully saturated rings. The van der Waals surface area contributed by atoms with Crippen molar-refractivity contribution in [2.75, 3.05) is 0 Å². The van der Waals surface area contributed by atoms with Gasteiger partial charge in [0.2, 0.25) is 0 Å². The Hall–Kier alpha value is -0.200. The summed E-state index contributed by atoms with van der Waals surface area (Å²) >= 11 is 7.05. The topological polar surface area (TPSA) is 38.0 Å². The van der Waals surface area contributed by atoms with Crippen molar-refractivity contribution < 1.29 is 0 Å². The molecule has 3 N–H and O–H groups in total. The molecule has 1 atom stereocenters. The van der Waals surface area contributed by atoms with Crippen LogP contribution in [0.2, 0.25) is 0 Å². The van der Waals surface area contributed by atoms with Gasteiger partial charge < -0.3 is 0 Å². The second-order valence-electron chi connectivity index (χ2n) is 3.83. The highest BCUT2D eigenvalue weighted by Crippen LogP contribution is 2.28. The fraction of sp³-hybridized carbons (Fsp3) is 0.333. The van der Waals surface area contributed by atoms with Gasteiger partial charge in [0.15, 0.2) is 0 Å². The maximum atomic E-state index is 5.65. The van der Waals surface area contributed by atoms with E-state index in [-0.39, 0.29) is 6.04 Å². The Labute approximate surface area is 118 Å². The molecule has 0 aliphatic rings. The molecule has 0 radical (unpaired) electrons. The summed E-state index contributed by atoms with van der Waals surface area (Å²) < 4.78 is 1.15. The molecular formula is C12H15BrN2S2. The lowest BCUT2D eigenvalue weighted by molar-refractivity contribution is 0.557. The van der Waals surface area contributed by atoms with Crippen LogP contribution in [-0.4, -0.2) is 0 Å². The van der Waals surface area contributed by atoms with Crippen LogP contribution in [0, 0.1) is 0 Å². The van der Waals surface area contributed by atoms with Gasteiger partial charge in [-0.3, -0.25) is 11.3 Å². The van der Waals surface area contributed by atoms with E-state index in [2.05, 4.69) is 51.9 Å². The zero-order valence-corrected chi connectivity index (χ0v) is 12.8. The lowest BCUT2D eigenvalue weighted by atomic mass is 10.1. The Morgan fingerprint density at radius 2 is 2.18 bits per heavy atom. The third-order valence-corrected chi connectivity index (χ3v) is 5.44. The monoisotopic (exact) mass is 330 g/mol. The van der Waals surface area contributed by atoms with E-state index in [4.69, 9.17) is 5.84 Å². The second-order valence-corrected chi connectivity index (χ2v) is 7.37. The Morgan fingerprint density at radius 3 is 2.71 bits per heavy atom. The quantitative estimate of drug-likeness (QED) is 0.644. The Bertz CT molecular complexity index is 478. The van der Waals surface area contributed by atoms with Crippen LogP contribution >= 0.6 is 38.6 Å². The Kier molecular flexibility index (Phi) is 4.76. The molecule has 2 heterocycles. The van der Waals surface area contributed by atoms with Crippen LogP contribution in [0.5, 0.6) is 0 Å². The maximum absolute atomic E-state index is 5.65. The van der Waals surface area contributed by atoms with Crippen LogP contribution < -0.4 is 11.3 Å². The highest BCUT2D eigenvalue weighted by Gasteiger charge is 2.13. The molecular weight excluding hydrogens is 316 g/mol. The largest absolute Gasteiger partial charge is 0.271 e. The van der Waals surface area contributed by atoms with Crippen molar-refractivity contribution in [2.45, 2.75) is 25.8 Å². The molecule has 2 aromatic rings. The van der Waals surface area contributed by atoms with Crippen LogP contribution in [0.1, 0.15) is 28.3 Å². The molecule has 0 amide bonds. The summed E-state index contributed by atoms with van der Waals surface area (Å²) in [6.45, 7) is 2.18. The molecule has 0 saturated carbocycles. The zero-order chi connectivity index (χ0) is 12.3. The third-order valence-electron chi connectivity index (χ3n) is 2.66. The molecule has 0 aliphatic heterocycles. The molecule has 0 bridgehead atoms. The summed E-state index contributed by atoms with van der Waals surface area (Å²) in [6, 6.07) is 6.73. The van der Waals surface area contributed by atoms with Crippen molar-refractivity contribution in [2.24, 2.45) is 5.84 Å². The van der Waals surface area contributed by atoms with Crippen LogP contribution in [0.25, 0.3) is 0 Å². The van der Waals surface area contributed by atoms with Gasteiger partial charge in [-0.05, 0) is 51.5 Å². The SMILES string of the molecule is CCc1ccc(CC(NN)c2csc(Br)c2)s1. The number of thiophene rings is 2. The molecule has 0 aromatic carbocycles. The van der Waals surface area contributed by atoms with Crippen molar-refractivity contribution >= 4 is 38.6 Å². The smallest absolute Gasteiger partial charge is 0.0701 e. The average Bonchev–Trinajstić information content (AvgIpc) is 2.94. The molecule has 2 rings (SSSR count). The molecule has 0 spiro atoms. The summed E-state index contributed by atoms with van der Waals surface area (Å²) in [5, 5.41) is 2.14. The minimum absolute atomic E-state index is 0.195. The van der Waals surface area contributed by atoms with E-state index >= 15 is 0 Å². The first kappa shape index (κ1) is 13.2. The minimum Gasteiger partial charge on any atom is -0.271 e. The first-order valence-corrected chi connectivity index (χ1v) is 7.99. The zero-order valence-electron chi connectivity index (χ0n) is 9.57. The molecule has 5 heteroatoms. The normalized spacial score (nSPS) is 12.9. The predicted octanol–water partition coefficient (Wildman–Crippen LogP) is 3.88. The third kappa shape index (κ3) is 3.39. The lowest BCUT2D eigenvalue weighted by Crippen LogP contribution is -2.29. The summed E-state index contributed by atoms with van der Waals surface area (Å²) in [6.07, 6.45) is 2.06. The maximum Gasteiger partial charge on any atom is 0.0701 e. The molecule has 92 valence electrons. The van der Waals surface area contributed by atoms with Gasteiger partial charge in [0.1, 0.15) is 0 Å². The average molecular weight is 331 g/mol. The van der Waals surface area contributed by atoms with Gasteiger partial charge in [0.25, 0.3) is 0 Å². The van der Waals surface area contributed by atoms with Crippen LogP contribution in [-0.2, 0) is 12.8 Å². The van der Waals surface area contributed by atoms with Gasteiger partial charge in [-0.25, -0.2) is 0 Å². The molecule has 1 unspecified atom stereocenters. The fourth-order valence-corrected chi connectivity index (χ4v) is 3.94. The van der Waals surface area contributed by atoms with Gasteiger partial charge in [0, 0.05) is 16.2 Å². The first-order chi connectivity index (χ1) is 8.22. The van der Waals surface area contributed by atoms with E-state index in [0.29, 0.717) is 0 Å². The molecule has 2 nitrogen and oxygen atoms in total. The molecule has 17 heavy (non-hydrogen) atoms. The van der Waals surface area contributed by atoms with Gasteiger partial charge >= 0.3 is 0 Å². The van der Waals surface area contributed by atoms with E-state index in [0.717, 1.165) is 16.6 Å². The van der Waals surface area contributed by atoms with Crippen LogP contribution in [0.15, 0.2) is 27.4 Å². The number of hydrogen-bond acceptors (Lipinski definition) is 4. The Balaban J connectivity index is 2.09. The Morgan fingerprint density at radius 1 is 1.41 bits per heavy atom. The fourth-order valence-electron chi connectivity index (χ4n) is 1.70. The molecule has 0 saturated heterocycles. The number of hydrazine groups is 1. The predicted molar refractivity (Wildman–Crippen MR) is 79.5 cm³/mol. The standard InChI is InChI=1S/C12H15BrN2S2/c1-2-9-3-4-10(17-9)6-11(15-14)8-5-12(13)16-7-8/h3-5,7,11,15H,2,6,14H2,1H3. The highest BCUT2D eigenvalue weighted by molar-refractivity contribution is 9.11. The van der Waals surface area contributed by atoms with Crippen LogP contribution in [0.3, 0.4) is 0 Å². The van der Waals surface area contributed by atoms with Gasteiger partial charge in [-0.1, -0.05) is 6.92 Å². The van der Waals surface area contributed by atoms with Crippen molar-refractivity contribution in [1.82, 2.24) is 5.43 Å². The number of rotatable bonds is 5. The van der Waals surface area contributed by atoms with Crippen molar-refractivity contribution in [3.8, 4) is 0 Å². The van der Waals surface area contributed by atoms with E-state index in [1.54, 1.807) is 11.3 Å². The second kappa shape index (κ2) is 6.11. The molecule has 2 aromatic heterocycles. The number of nitrogens with two attached hydrogens (primary N) is 1. The summed E-state index contributed by atoms with van der Waals surface area (Å²) in [5.41, 5.74) is 4.15. The molecule has 0 aliphatic carbocycles. The van der Waals surface area contributed by atoms with Crippen molar-refractivity contribution in [3.05, 3.63) is 42.7 Å². The summed E-state index contributed by atoms with van der Waals surface area (Å²) in [7, 11) is 0. The first-order valence-electron chi connectivity index (χ1n) is 5.50. The van der Waals surface area contributed by atoms with Gasteiger partial charge in [-0.15, -0.1) is 22.7 Å². The van der Waals surface area contributed by atoms with E-state index in [1.807, 2.05) is 11.3 Å². The minimum atomic E-state index is 0.195. The highest BCUT2D eigenvalue weighted by atomic mass is 79.9. The van der Waals surface area contributed by atoms with E-state index < -0.39 is 0 Å². The van der Waals surface area contributed by atoms with E-state index in [9.17, 15) is 0 Å². The van der Waals surface area contributed by atoms with Crippen molar-refractivity contribution in [3.63, 3.8) is 0 Å². The number of halogens is 1. The van der Waals surface area contributed by atoms with Crippen LogP contribution in [0.4, 0.5) is 0 Å². The van der Waals surface area contributed by atoms with Gasteiger partial charge in [-0.2, -0.15) is 0 Å². The lowest BCUT2D eigenvalue weighted by Gasteiger charge is -2.13. The summed E-state index contributed by atoms with van der Waals surface area (Å²) in [5.74, 6) is 5.65. The number of nitrogens with one attached hydrogen (secondary N) is 1. The van der Waals surface area contributed by atoms with E-state index in [1.165, 1.54) is 15.3 Å². The number of hydrogen-bond donors (Lipinski definition) is 2. The summed E-state index contributed by atoms with van der Waals surface area (Å²) in [4.78, 5) is 2.81. The number of aryl methyl sites for hydroxylation is 1.